The quantitative estimate of drug-likeness (QED) is 0.834. The van der Waals surface area contributed by atoms with Crippen molar-refractivity contribution in [2.45, 2.75) is 45.7 Å². The Kier molecular flexibility index (Phi) is 5.25. The molecule has 6 heteroatoms. The van der Waals surface area contributed by atoms with Gasteiger partial charge in [-0.25, -0.2) is 0 Å². The Hall–Kier alpha value is -2.21. The highest BCUT2D eigenvalue weighted by molar-refractivity contribution is 5.92. The van der Waals surface area contributed by atoms with Gasteiger partial charge in [-0.1, -0.05) is 6.07 Å². The van der Waals surface area contributed by atoms with Crippen molar-refractivity contribution in [3.8, 4) is 0 Å². The van der Waals surface area contributed by atoms with Crippen molar-refractivity contribution in [2.75, 3.05) is 26.2 Å². The van der Waals surface area contributed by atoms with E-state index in [1.54, 1.807) is 10.9 Å². The van der Waals surface area contributed by atoms with Crippen molar-refractivity contribution in [3.05, 3.63) is 48.0 Å². The number of carbonyl (C=O) groups is 1. The molecular weight excluding hydrogens is 338 g/mol. The Bertz CT molecular complexity index is 770. The Labute approximate surface area is 161 Å². The monoisotopic (exact) mass is 367 g/mol. The van der Waals surface area contributed by atoms with Gasteiger partial charge in [0.25, 0.3) is 5.91 Å². The Balaban J connectivity index is 1.45. The minimum Gasteiger partial charge on any atom is -0.337 e. The zero-order valence-corrected chi connectivity index (χ0v) is 16.2. The van der Waals surface area contributed by atoms with Gasteiger partial charge in [-0.2, -0.15) is 5.10 Å². The molecule has 0 aliphatic carbocycles. The predicted octanol–water partition coefficient (Wildman–Crippen LogP) is 2.82. The van der Waals surface area contributed by atoms with Gasteiger partial charge < -0.3 is 4.90 Å². The molecule has 4 heterocycles. The fourth-order valence-electron chi connectivity index (χ4n) is 4.81. The van der Waals surface area contributed by atoms with Gasteiger partial charge in [0.15, 0.2) is 0 Å². The van der Waals surface area contributed by atoms with Gasteiger partial charge in [0.1, 0.15) is 5.69 Å². The van der Waals surface area contributed by atoms with Crippen LogP contribution in [-0.2, 0) is 13.1 Å². The van der Waals surface area contributed by atoms with Crippen molar-refractivity contribution in [2.24, 2.45) is 5.41 Å². The number of hydrogen-bond acceptors (Lipinski definition) is 4. The van der Waals surface area contributed by atoms with Gasteiger partial charge in [-0.15, -0.1) is 0 Å². The highest BCUT2D eigenvalue weighted by atomic mass is 16.2. The first kappa shape index (κ1) is 18.2. The second kappa shape index (κ2) is 7.80. The van der Waals surface area contributed by atoms with Crippen LogP contribution in [0.15, 0.2) is 36.7 Å². The first-order valence-electron chi connectivity index (χ1n) is 10.1. The SMILES string of the molecule is CCn1nccc1C(=O)N1CCCC2(CCCN(Cc3ccccn3)C2)C1. The molecular formula is C21H29N5O. The zero-order valence-electron chi connectivity index (χ0n) is 16.2. The van der Waals surface area contributed by atoms with E-state index in [-0.39, 0.29) is 11.3 Å². The average Bonchev–Trinajstić information content (AvgIpc) is 3.17. The summed E-state index contributed by atoms with van der Waals surface area (Å²) in [5.41, 5.74) is 2.07. The average molecular weight is 367 g/mol. The molecule has 2 aromatic heterocycles. The highest BCUT2D eigenvalue weighted by Crippen LogP contribution is 2.39. The standard InChI is InChI=1S/C21H29N5O/c1-2-26-19(8-12-23-26)20(27)25-14-6-10-21(17-25)9-5-13-24(16-21)15-18-7-3-4-11-22-18/h3-4,7-8,11-12H,2,5-6,9-10,13-17H2,1H3. The molecule has 0 N–H and O–H groups in total. The molecule has 1 atom stereocenters. The molecule has 6 nitrogen and oxygen atoms in total. The molecule has 2 aromatic rings. The van der Waals surface area contributed by atoms with Crippen LogP contribution in [0, 0.1) is 5.41 Å². The number of nitrogens with zero attached hydrogens (tertiary/aromatic N) is 5. The maximum Gasteiger partial charge on any atom is 0.272 e. The molecule has 1 unspecified atom stereocenters. The number of carbonyl (C=O) groups excluding carboxylic acids is 1. The third kappa shape index (κ3) is 3.90. The number of rotatable bonds is 4. The number of amides is 1. The van der Waals surface area contributed by atoms with E-state index in [9.17, 15) is 4.79 Å². The van der Waals surface area contributed by atoms with Crippen molar-refractivity contribution in [1.29, 1.82) is 0 Å². The van der Waals surface area contributed by atoms with Crippen LogP contribution in [0.1, 0.15) is 48.8 Å². The molecule has 2 saturated heterocycles. The summed E-state index contributed by atoms with van der Waals surface area (Å²) in [6.45, 7) is 7.55. The Morgan fingerprint density at radius 1 is 1.11 bits per heavy atom. The molecule has 4 rings (SSSR count). The fraction of sp³-hybridized carbons (Fsp3) is 0.571. The fourth-order valence-corrected chi connectivity index (χ4v) is 4.81. The molecule has 0 saturated carbocycles. The molecule has 2 aliphatic heterocycles. The number of pyridine rings is 1. The lowest BCUT2D eigenvalue weighted by Crippen LogP contribution is -2.53. The van der Waals surface area contributed by atoms with Crippen LogP contribution < -0.4 is 0 Å². The number of likely N-dealkylation sites (tertiary alicyclic amines) is 2. The summed E-state index contributed by atoms with van der Waals surface area (Å²) >= 11 is 0. The largest absolute Gasteiger partial charge is 0.337 e. The lowest BCUT2D eigenvalue weighted by molar-refractivity contribution is 0.0105. The molecule has 2 fully saturated rings. The van der Waals surface area contributed by atoms with Crippen molar-refractivity contribution >= 4 is 5.91 Å². The lowest BCUT2D eigenvalue weighted by Gasteiger charge is -2.48. The summed E-state index contributed by atoms with van der Waals surface area (Å²) in [4.78, 5) is 22.2. The van der Waals surface area contributed by atoms with E-state index in [0.717, 1.165) is 57.1 Å². The maximum absolute atomic E-state index is 13.1. The van der Waals surface area contributed by atoms with Crippen LogP contribution in [0.25, 0.3) is 0 Å². The van der Waals surface area contributed by atoms with Gasteiger partial charge in [0.2, 0.25) is 0 Å². The van der Waals surface area contributed by atoms with Gasteiger partial charge in [-0.05, 0) is 57.4 Å². The second-order valence-corrected chi connectivity index (χ2v) is 8.00. The molecule has 27 heavy (non-hydrogen) atoms. The lowest BCUT2D eigenvalue weighted by atomic mass is 9.73. The van der Waals surface area contributed by atoms with Crippen molar-refractivity contribution in [1.82, 2.24) is 24.6 Å². The second-order valence-electron chi connectivity index (χ2n) is 8.00. The number of aryl methyl sites for hydroxylation is 1. The minimum atomic E-state index is 0.135. The number of hydrogen-bond donors (Lipinski definition) is 0. The van der Waals surface area contributed by atoms with E-state index in [1.807, 2.05) is 25.3 Å². The van der Waals surface area contributed by atoms with Crippen molar-refractivity contribution < 1.29 is 4.79 Å². The molecule has 1 amide bonds. The summed E-state index contributed by atoms with van der Waals surface area (Å²) in [7, 11) is 0. The molecule has 0 bridgehead atoms. The molecule has 2 aliphatic rings. The van der Waals surface area contributed by atoms with E-state index in [0.29, 0.717) is 0 Å². The number of piperidine rings is 2. The smallest absolute Gasteiger partial charge is 0.272 e. The summed E-state index contributed by atoms with van der Waals surface area (Å²) in [5.74, 6) is 0.135. The predicted molar refractivity (Wildman–Crippen MR) is 104 cm³/mol. The summed E-state index contributed by atoms with van der Waals surface area (Å²) in [6.07, 6.45) is 8.30. The van der Waals surface area contributed by atoms with Crippen LogP contribution in [0.3, 0.4) is 0 Å². The zero-order chi connectivity index (χ0) is 18.7. The third-order valence-electron chi connectivity index (χ3n) is 6.04. The van der Waals surface area contributed by atoms with Gasteiger partial charge in [0, 0.05) is 50.5 Å². The Morgan fingerprint density at radius 3 is 2.74 bits per heavy atom. The van der Waals surface area contributed by atoms with Gasteiger partial charge in [-0.3, -0.25) is 19.4 Å². The normalized spacial score (nSPS) is 23.7. The third-order valence-corrected chi connectivity index (χ3v) is 6.04. The van der Waals surface area contributed by atoms with Crippen LogP contribution in [0.4, 0.5) is 0 Å². The first-order chi connectivity index (χ1) is 13.2. The topological polar surface area (TPSA) is 54.3 Å². The van der Waals surface area contributed by atoms with Gasteiger partial charge >= 0.3 is 0 Å². The Morgan fingerprint density at radius 2 is 1.96 bits per heavy atom. The molecule has 0 radical (unpaired) electrons. The van der Waals surface area contributed by atoms with Crippen LogP contribution in [0.5, 0.6) is 0 Å². The van der Waals surface area contributed by atoms with Crippen LogP contribution in [0.2, 0.25) is 0 Å². The summed E-state index contributed by atoms with van der Waals surface area (Å²) in [6, 6.07) is 7.97. The van der Waals surface area contributed by atoms with E-state index in [1.165, 1.54) is 19.3 Å². The summed E-state index contributed by atoms with van der Waals surface area (Å²) < 4.78 is 1.80. The maximum atomic E-state index is 13.1. The van der Waals surface area contributed by atoms with E-state index >= 15 is 0 Å². The minimum absolute atomic E-state index is 0.135. The molecule has 144 valence electrons. The highest BCUT2D eigenvalue weighted by Gasteiger charge is 2.40. The van der Waals surface area contributed by atoms with Gasteiger partial charge in [0.05, 0.1) is 5.69 Å². The van der Waals surface area contributed by atoms with E-state index in [2.05, 4.69) is 32.0 Å². The first-order valence-corrected chi connectivity index (χ1v) is 10.1. The van der Waals surface area contributed by atoms with Crippen LogP contribution >= 0.6 is 0 Å². The molecule has 1 spiro atoms. The molecule has 0 aromatic carbocycles. The number of aromatic nitrogens is 3. The van der Waals surface area contributed by atoms with Crippen molar-refractivity contribution in [3.63, 3.8) is 0 Å². The summed E-state index contributed by atoms with van der Waals surface area (Å²) in [5, 5.41) is 4.27. The van der Waals surface area contributed by atoms with Crippen LogP contribution in [-0.4, -0.2) is 56.7 Å². The van der Waals surface area contributed by atoms with E-state index in [4.69, 9.17) is 0 Å². The van der Waals surface area contributed by atoms with E-state index < -0.39 is 0 Å².